The molecule has 2 N–H and O–H groups in total. The molecule has 1 fully saturated rings. The Hall–Kier alpha value is -2.03. The Balaban J connectivity index is 1.68. The van der Waals surface area contributed by atoms with Crippen LogP contribution in [-0.4, -0.2) is 62.2 Å². The maximum absolute atomic E-state index is 12.9. The van der Waals surface area contributed by atoms with E-state index in [0.717, 1.165) is 32.2 Å². The number of nitrogens with one attached hydrogen (secondary N) is 2. The van der Waals surface area contributed by atoms with E-state index < -0.39 is 17.6 Å². The highest BCUT2D eigenvalue weighted by atomic mass is 19.4. The standard InChI is InChI=1S/C17H26F3N5O/c1-21-16(23-8-12-25-10-3-2-4-11-25)24-9-13-26-15-14(17(18,19)20)6-5-7-22-15/h5-7H,2-4,8-13H2,1H3,(H2,21,23,24). The number of ether oxygens (including phenoxy) is 1. The van der Waals surface area contributed by atoms with Crippen LogP contribution in [0, 0.1) is 0 Å². The highest BCUT2D eigenvalue weighted by Crippen LogP contribution is 2.34. The first kappa shape index (κ1) is 20.3. The molecule has 0 bridgehead atoms. The molecule has 0 unspecified atom stereocenters. The number of hydrogen-bond donors (Lipinski definition) is 2. The molecule has 26 heavy (non-hydrogen) atoms. The molecule has 1 aliphatic rings. The molecule has 1 aromatic heterocycles. The van der Waals surface area contributed by atoms with Crippen molar-refractivity contribution in [1.82, 2.24) is 20.5 Å². The second kappa shape index (κ2) is 10.2. The average Bonchev–Trinajstić information content (AvgIpc) is 2.64. The summed E-state index contributed by atoms with van der Waals surface area (Å²) in [6.45, 7) is 4.34. The van der Waals surface area contributed by atoms with Crippen LogP contribution in [0.1, 0.15) is 24.8 Å². The van der Waals surface area contributed by atoms with E-state index >= 15 is 0 Å². The Kier molecular flexibility index (Phi) is 7.96. The monoisotopic (exact) mass is 373 g/mol. The first-order valence-corrected chi connectivity index (χ1v) is 8.82. The first-order valence-electron chi connectivity index (χ1n) is 8.82. The molecule has 2 rings (SSSR count). The molecule has 0 saturated carbocycles. The van der Waals surface area contributed by atoms with Crippen LogP contribution in [0.3, 0.4) is 0 Å². The van der Waals surface area contributed by atoms with Gasteiger partial charge in [-0.2, -0.15) is 13.2 Å². The molecule has 0 radical (unpaired) electrons. The molecular formula is C17H26F3N5O. The van der Waals surface area contributed by atoms with E-state index in [-0.39, 0.29) is 6.61 Å². The number of alkyl halides is 3. The molecule has 0 atom stereocenters. The topological polar surface area (TPSA) is 61.8 Å². The fourth-order valence-corrected chi connectivity index (χ4v) is 2.77. The van der Waals surface area contributed by atoms with Gasteiger partial charge in [0.05, 0.1) is 6.54 Å². The van der Waals surface area contributed by atoms with Gasteiger partial charge in [0.1, 0.15) is 12.2 Å². The molecule has 0 amide bonds. The number of halogens is 3. The van der Waals surface area contributed by atoms with Crippen LogP contribution in [-0.2, 0) is 6.18 Å². The van der Waals surface area contributed by atoms with Crippen molar-refractivity contribution in [2.75, 3.05) is 46.4 Å². The van der Waals surface area contributed by atoms with E-state index in [4.69, 9.17) is 4.74 Å². The van der Waals surface area contributed by atoms with Gasteiger partial charge in [-0.25, -0.2) is 4.98 Å². The summed E-state index contributed by atoms with van der Waals surface area (Å²) >= 11 is 0. The number of aliphatic imine (C=N–C) groups is 1. The lowest BCUT2D eigenvalue weighted by molar-refractivity contribution is -0.139. The molecule has 1 saturated heterocycles. The maximum atomic E-state index is 12.9. The average molecular weight is 373 g/mol. The smallest absolute Gasteiger partial charge is 0.421 e. The summed E-state index contributed by atoms with van der Waals surface area (Å²) in [6, 6.07) is 2.19. The summed E-state index contributed by atoms with van der Waals surface area (Å²) in [4.78, 5) is 10.2. The summed E-state index contributed by atoms with van der Waals surface area (Å²) < 4.78 is 43.8. The summed E-state index contributed by atoms with van der Waals surface area (Å²) in [7, 11) is 1.65. The minimum atomic E-state index is -4.48. The number of guanidine groups is 1. The van der Waals surface area contributed by atoms with Gasteiger partial charge in [-0.15, -0.1) is 0 Å². The van der Waals surface area contributed by atoms with E-state index in [9.17, 15) is 13.2 Å². The molecule has 2 heterocycles. The largest absolute Gasteiger partial charge is 0.475 e. The number of nitrogens with zero attached hydrogens (tertiary/aromatic N) is 3. The van der Waals surface area contributed by atoms with Crippen LogP contribution in [0.5, 0.6) is 5.88 Å². The highest BCUT2D eigenvalue weighted by Gasteiger charge is 2.34. The van der Waals surface area contributed by atoms with Gasteiger partial charge in [-0.1, -0.05) is 6.42 Å². The summed E-state index contributed by atoms with van der Waals surface area (Å²) in [5.74, 6) is 0.192. The van der Waals surface area contributed by atoms with Gasteiger partial charge in [0, 0.05) is 26.3 Å². The number of piperidine rings is 1. The third kappa shape index (κ3) is 6.70. The molecule has 0 spiro atoms. The third-order valence-corrected chi connectivity index (χ3v) is 4.10. The van der Waals surface area contributed by atoms with Gasteiger partial charge in [-0.05, 0) is 38.1 Å². The van der Waals surface area contributed by atoms with Crippen LogP contribution < -0.4 is 15.4 Å². The second-order valence-corrected chi connectivity index (χ2v) is 6.03. The SMILES string of the molecule is CN=C(NCCOc1ncccc1C(F)(F)F)NCCN1CCCCC1. The lowest BCUT2D eigenvalue weighted by atomic mass is 10.1. The van der Waals surface area contributed by atoms with E-state index in [0.29, 0.717) is 12.5 Å². The Morgan fingerprint density at radius 1 is 1.23 bits per heavy atom. The second-order valence-electron chi connectivity index (χ2n) is 6.03. The lowest BCUT2D eigenvalue weighted by Crippen LogP contribution is -2.43. The summed E-state index contributed by atoms with van der Waals surface area (Å²) in [6.07, 6.45) is 0.594. The zero-order valence-electron chi connectivity index (χ0n) is 15.0. The molecular weight excluding hydrogens is 347 g/mol. The predicted molar refractivity (Wildman–Crippen MR) is 94.4 cm³/mol. The van der Waals surface area contributed by atoms with Gasteiger partial charge < -0.3 is 20.3 Å². The zero-order chi connectivity index (χ0) is 18.8. The van der Waals surface area contributed by atoms with Gasteiger partial charge >= 0.3 is 6.18 Å². The van der Waals surface area contributed by atoms with Crippen molar-refractivity contribution in [2.45, 2.75) is 25.4 Å². The summed E-state index contributed by atoms with van der Waals surface area (Å²) in [5.41, 5.74) is -0.871. The van der Waals surface area contributed by atoms with Crippen molar-refractivity contribution < 1.29 is 17.9 Å². The summed E-state index contributed by atoms with van der Waals surface area (Å²) in [5, 5.41) is 6.22. The zero-order valence-corrected chi connectivity index (χ0v) is 15.0. The Morgan fingerprint density at radius 2 is 1.96 bits per heavy atom. The van der Waals surface area contributed by atoms with Gasteiger partial charge in [0.2, 0.25) is 5.88 Å². The number of pyridine rings is 1. The van der Waals surface area contributed by atoms with E-state index in [1.807, 2.05) is 0 Å². The molecule has 1 aromatic rings. The van der Waals surface area contributed by atoms with Crippen molar-refractivity contribution >= 4 is 5.96 Å². The Bertz CT molecular complexity index is 574. The van der Waals surface area contributed by atoms with Gasteiger partial charge in [-0.3, -0.25) is 4.99 Å². The van der Waals surface area contributed by atoms with Crippen LogP contribution >= 0.6 is 0 Å². The molecule has 6 nitrogen and oxygen atoms in total. The molecule has 9 heteroatoms. The number of hydrogen-bond acceptors (Lipinski definition) is 4. The third-order valence-electron chi connectivity index (χ3n) is 4.10. The predicted octanol–water partition coefficient (Wildman–Crippen LogP) is 2.13. The quantitative estimate of drug-likeness (QED) is 0.436. The van der Waals surface area contributed by atoms with E-state index in [1.54, 1.807) is 7.05 Å². The van der Waals surface area contributed by atoms with E-state index in [2.05, 4.69) is 25.5 Å². The minimum Gasteiger partial charge on any atom is -0.475 e. The fourth-order valence-electron chi connectivity index (χ4n) is 2.77. The highest BCUT2D eigenvalue weighted by molar-refractivity contribution is 5.79. The minimum absolute atomic E-state index is 0.0485. The lowest BCUT2D eigenvalue weighted by Gasteiger charge is -2.26. The van der Waals surface area contributed by atoms with Crippen molar-refractivity contribution in [3.05, 3.63) is 23.9 Å². The Morgan fingerprint density at radius 3 is 2.65 bits per heavy atom. The van der Waals surface area contributed by atoms with Gasteiger partial charge in [0.25, 0.3) is 0 Å². The first-order chi connectivity index (χ1) is 12.5. The maximum Gasteiger partial charge on any atom is 0.421 e. The van der Waals surface area contributed by atoms with Crippen molar-refractivity contribution in [3.63, 3.8) is 0 Å². The van der Waals surface area contributed by atoms with Crippen LogP contribution in [0.4, 0.5) is 13.2 Å². The molecule has 146 valence electrons. The van der Waals surface area contributed by atoms with Crippen molar-refractivity contribution in [2.24, 2.45) is 4.99 Å². The van der Waals surface area contributed by atoms with Gasteiger partial charge in [0.15, 0.2) is 5.96 Å². The van der Waals surface area contributed by atoms with E-state index in [1.165, 1.54) is 31.5 Å². The van der Waals surface area contributed by atoms with Crippen molar-refractivity contribution in [3.8, 4) is 5.88 Å². The van der Waals surface area contributed by atoms with Crippen LogP contribution in [0.2, 0.25) is 0 Å². The van der Waals surface area contributed by atoms with Crippen molar-refractivity contribution in [1.29, 1.82) is 0 Å². The molecule has 0 aromatic carbocycles. The Labute approximate surface area is 151 Å². The number of aromatic nitrogens is 1. The molecule has 1 aliphatic heterocycles. The number of rotatable bonds is 7. The van der Waals surface area contributed by atoms with Crippen LogP contribution in [0.15, 0.2) is 23.3 Å². The number of likely N-dealkylation sites (tertiary alicyclic amines) is 1. The molecule has 0 aliphatic carbocycles. The normalized spacial score (nSPS) is 16.4. The fraction of sp³-hybridized carbons (Fsp3) is 0.647. The van der Waals surface area contributed by atoms with Crippen LogP contribution in [0.25, 0.3) is 0 Å².